The first-order chi connectivity index (χ1) is 61.8. The number of rotatable bonds is 15. The maximum absolute atomic E-state index is 6.47. The summed E-state index contributed by atoms with van der Waals surface area (Å²) < 4.78 is 0. The molecule has 0 heterocycles. The molecule has 0 fully saturated rings. The van der Waals surface area contributed by atoms with E-state index in [1.807, 2.05) is 12.1 Å². The largest absolute Gasteiger partial charge is 0.0843 e. The van der Waals surface area contributed by atoms with Gasteiger partial charge < -0.3 is 0 Å². The summed E-state index contributed by atoms with van der Waals surface area (Å²) in [6, 6.07) is 185. The highest BCUT2D eigenvalue weighted by atomic mass is 35.5. The molecule has 0 spiro atoms. The summed E-state index contributed by atoms with van der Waals surface area (Å²) in [4.78, 5) is 0. The normalized spacial score (nSPS) is 13.9. The van der Waals surface area contributed by atoms with Gasteiger partial charge >= 0.3 is 0 Å². The lowest BCUT2D eigenvalue weighted by Gasteiger charge is -2.34. The van der Waals surface area contributed by atoms with Crippen LogP contribution in [0.25, 0.3) is 122 Å². The van der Waals surface area contributed by atoms with Gasteiger partial charge in [-0.25, -0.2) is 0 Å². The molecule has 0 N–H and O–H groups in total. The van der Waals surface area contributed by atoms with Crippen LogP contribution < -0.4 is 0 Å². The van der Waals surface area contributed by atoms with Crippen molar-refractivity contribution >= 4 is 11.6 Å². The molecular weight excluding hydrogens is 1520 g/mol. The molecular formula is C124H81Cl. The third-order valence-electron chi connectivity index (χ3n) is 27.9. The topological polar surface area (TPSA) is 0 Å². The van der Waals surface area contributed by atoms with Gasteiger partial charge in [-0.3, -0.25) is 0 Å². The Balaban J connectivity index is 0.563. The molecule has 1 heteroatoms. The number of hydrogen-bond acceptors (Lipinski definition) is 0. The van der Waals surface area contributed by atoms with Gasteiger partial charge in [0.15, 0.2) is 0 Å². The summed E-state index contributed by atoms with van der Waals surface area (Å²) in [6.45, 7) is 0. The molecule has 0 saturated heterocycles. The summed E-state index contributed by atoms with van der Waals surface area (Å²) in [5, 5.41) is 0.728. The highest BCUT2D eigenvalue weighted by Gasteiger charge is 2.51. The van der Waals surface area contributed by atoms with E-state index in [1.54, 1.807) is 0 Å². The lowest BCUT2D eigenvalue weighted by molar-refractivity contribution is 0.769. The van der Waals surface area contributed by atoms with E-state index in [2.05, 4.69) is 479 Å². The van der Waals surface area contributed by atoms with Crippen molar-refractivity contribution in [2.45, 2.75) is 21.7 Å². The standard InChI is InChI=1S/C124H81Cl/c125-104-66-57-88(58-67-104)95-65-74-112-111-73-64-94(80-119(111)124(120(112)81-95,102-39-21-7-22-40-102)103-41-23-8-24-42-103)87-55-53-86(54-56-87)93-63-72-110-109-71-62-92(78-117(109)123(118(110)79-93,100-35-17-5-18-36-100)101-37-19-6-20-38-101)85-51-49-84(50-52-85)91-61-70-108-107-69-60-90(76-115(107)122(116(108)77-91,98-31-13-3-14-32-98)99-33-15-4-16-34-99)83-47-45-82(46-48-83)89-59-68-106-105-43-25-26-44-113(105)121(114(106)75-89,96-27-9-1-10-28-96)97-29-11-2-12-30-97/h1-81H. The molecule has 0 unspecified atom stereocenters. The molecule has 0 aliphatic heterocycles. The molecule has 0 bridgehead atoms. The van der Waals surface area contributed by atoms with Crippen LogP contribution in [-0.4, -0.2) is 0 Å². The predicted octanol–water partition coefficient (Wildman–Crippen LogP) is 31.5. The van der Waals surface area contributed by atoms with E-state index in [-0.39, 0.29) is 0 Å². The molecule has 0 atom stereocenters. The Bertz CT molecular complexity index is 7380. The first-order valence-electron chi connectivity index (χ1n) is 43.5. The lowest BCUT2D eigenvalue weighted by atomic mass is 9.67. The van der Waals surface area contributed by atoms with Gasteiger partial charge in [-0.15, -0.1) is 0 Å². The van der Waals surface area contributed by atoms with E-state index in [0.29, 0.717) is 0 Å². The van der Waals surface area contributed by atoms with Crippen molar-refractivity contribution in [3.8, 4) is 122 Å². The lowest BCUT2D eigenvalue weighted by Crippen LogP contribution is -2.28. The predicted molar refractivity (Wildman–Crippen MR) is 519 cm³/mol. The molecule has 24 rings (SSSR count). The average molecular weight is 1610 g/mol. The van der Waals surface area contributed by atoms with Gasteiger partial charge in [0.1, 0.15) is 0 Å². The summed E-state index contributed by atoms with van der Waals surface area (Å²) in [6.07, 6.45) is 0. The van der Waals surface area contributed by atoms with E-state index >= 15 is 0 Å². The molecule has 584 valence electrons. The first kappa shape index (κ1) is 73.6. The Kier molecular flexibility index (Phi) is 17.4. The molecule has 125 heavy (non-hydrogen) atoms. The third kappa shape index (κ3) is 11.3. The number of fused-ring (bicyclic) bond motifs is 12. The number of halogens is 1. The minimum absolute atomic E-state index is 0.478. The second-order valence-corrected chi connectivity index (χ2v) is 34.5. The van der Waals surface area contributed by atoms with E-state index in [4.69, 9.17) is 11.6 Å². The average Bonchev–Trinajstić information content (AvgIpc) is 1.56. The Morgan fingerprint density at radius 2 is 0.248 bits per heavy atom. The smallest absolute Gasteiger partial charge is 0.0713 e. The maximum Gasteiger partial charge on any atom is 0.0713 e. The zero-order valence-corrected chi connectivity index (χ0v) is 69.4. The van der Waals surface area contributed by atoms with Gasteiger partial charge in [0.2, 0.25) is 0 Å². The molecule has 20 aromatic rings. The fourth-order valence-electron chi connectivity index (χ4n) is 22.4. The van der Waals surface area contributed by atoms with Crippen molar-refractivity contribution < 1.29 is 0 Å². The SMILES string of the molecule is Clc1ccc(-c2ccc3c(c2)C(c2ccccc2)(c2ccccc2)c2cc(-c4ccc(-c5ccc6c(c5)C(c5ccccc5)(c5ccccc5)c5cc(-c7ccc(-c8ccc9c(c8)C(c8ccccc8)(c8ccccc8)c8cc(-c%10ccc(-c%11ccc%12c(c%11)C(c%11ccccc%11)(c%11ccccc%11)c%11ccccc%11-%12)cc%10)ccc8-9)cc7)ccc5-6)cc4)ccc2-3)cc1. The summed E-state index contributed by atoms with van der Waals surface area (Å²) in [7, 11) is 0. The van der Waals surface area contributed by atoms with Gasteiger partial charge in [-0.2, -0.15) is 0 Å². The van der Waals surface area contributed by atoms with E-state index < -0.39 is 21.7 Å². The quantitative estimate of drug-likeness (QED) is 0.0960. The minimum atomic E-state index is -0.642. The minimum Gasteiger partial charge on any atom is -0.0843 e. The highest BCUT2D eigenvalue weighted by Crippen LogP contribution is 2.63. The summed E-state index contributed by atoms with van der Waals surface area (Å²) >= 11 is 6.47. The highest BCUT2D eigenvalue weighted by molar-refractivity contribution is 6.30. The Hall–Kier alpha value is -15.3. The van der Waals surface area contributed by atoms with Gasteiger partial charge in [0.25, 0.3) is 0 Å². The summed E-state index contributed by atoms with van der Waals surface area (Å²) in [5.41, 5.74) is 44.3. The van der Waals surface area contributed by atoms with Crippen LogP contribution in [-0.2, 0) is 21.7 Å². The van der Waals surface area contributed by atoms with Gasteiger partial charge in [-0.05, 0) is 266 Å². The number of benzene rings is 20. The molecule has 4 aliphatic carbocycles. The Morgan fingerprint density at radius 1 is 0.112 bits per heavy atom. The monoisotopic (exact) mass is 1600 g/mol. The molecule has 4 aliphatic rings. The van der Waals surface area contributed by atoms with E-state index in [1.165, 1.54) is 178 Å². The van der Waals surface area contributed by atoms with Crippen LogP contribution in [0.5, 0.6) is 0 Å². The molecule has 0 saturated carbocycles. The molecule has 0 aromatic heterocycles. The van der Waals surface area contributed by atoms with Gasteiger partial charge in [0.05, 0.1) is 21.7 Å². The van der Waals surface area contributed by atoms with Crippen molar-refractivity contribution in [3.63, 3.8) is 0 Å². The fraction of sp³-hybridized carbons (Fsp3) is 0.0323. The third-order valence-corrected chi connectivity index (χ3v) is 28.2. The maximum atomic E-state index is 6.47. The van der Waals surface area contributed by atoms with Crippen molar-refractivity contribution in [3.05, 3.63) is 585 Å². The number of hydrogen-bond donors (Lipinski definition) is 0. The van der Waals surface area contributed by atoms with Crippen molar-refractivity contribution in [1.29, 1.82) is 0 Å². The van der Waals surface area contributed by atoms with Gasteiger partial charge in [-0.1, -0.05) is 448 Å². The van der Waals surface area contributed by atoms with Crippen LogP contribution in [0.15, 0.2) is 491 Å². The molecule has 0 nitrogen and oxygen atoms in total. The summed E-state index contributed by atoms with van der Waals surface area (Å²) in [5.74, 6) is 0. The second-order valence-electron chi connectivity index (χ2n) is 34.0. The van der Waals surface area contributed by atoms with Crippen molar-refractivity contribution in [1.82, 2.24) is 0 Å². The van der Waals surface area contributed by atoms with Crippen LogP contribution in [0.1, 0.15) is 89.0 Å². The van der Waals surface area contributed by atoms with Gasteiger partial charge in [0, 0.05) is 5.02 Å². The zero-order valence-electron chi connectivity index (χ0n) is 68.6. The van der Waals surface area contributed by atoms with Crippen LogP contribution in [0.4, 0.5) is 0 Å². The Morgan fingerprint density at radius 3 is 0.432 bits per heavy atom. The van der Waals surface area contributed by atoms with E-state index in [0.717, 1.165) is 38.4 Å². The van der Waals surface area contributed by atoms with Crippen LogP contribution in [0.2, 0.25) is 5.02 Å². The molecule has 0 radical (unpaired) electrons. The van der Waals surface area contributed by atoms with E-state index in [9.17, 15) is 0 Å². The zero-order chi connectivity index (χ0) is 82.8. The Labute approximate surface area is 735 Å². The fourth-order valence-corrected chi connectivity index (χ4v) is 22.5. The van der Waals surface area contributed by atoms with Crippen molar-refractivity contribution in [2.24, 2.45) is 0 Å². The van der Waals surface area contributed by atoms with Crippen LogP contribution in [0.3, 0.4) is 0 Å². The van der Waals surface area contributed by atoms with Crippen LogP contribution in [0, 0.1) is 0 Å². The van der Waals surface area contributed by atoms with Crippen LogP contribution >= 0.6 is 11.6 Å². The molecule has 20 aromatic carbocycles. The van der Waals surface area contributed by atoms with Crippen molar-refractivity contribution in [2.75, 3.05) is 0 Å². The first-order valence-corrected chi connectivity index (χ1v) is 43.9. The molecule has 0 amide bonds. The second kappa shape index (κ2) is 29.5.